The standard InChI is InChI=1S/C25H25BrN2O5/c1-25(32-10-11-33-25)14-23(29)28-27-15-17-12-21(26)24(22(13-17)30-2)31-16-19-8-5-7-18-6-3-4-9-20(18)19/h3-9,12-13,15H,10-11,14,16H2,1-2H3,(H,28,29). The lowest BCUT2D eigenvalue weighted by atomic mass is 10.1. The fraction of sp³-hybridized carbons (Fsp3) is 0.280. The quantitative estimate of drug-likeness (QED) is 0.346. The summed E-state index contributed by atoms with van der Waals surface area (Å²) in [6.45, 7) is 3.09. The van der Waals surface area contributed by atoms with E-state index in [1.54, 1.807) is 26.3 Å². The van der Waals surface area contributed by atoms with Crippen molar-refractivity contribution in [3.05, 3.63) is 70.2 Å². The molecule has 1 amide bonds. The molecule has 0 bridgehead atoms. The highest BCUT2D eigenvalue weighted by Gasteiger charge is 2.33. The van der Waals surface area contributed by atoms with Crippen molar-refractivity contribution in [1.29, 1.82) is 0 Å². The van der Waals surface area contributed by atoms with Gasteiger partial charge in [0.2, 0.25) is 5.91 Å². The molecule has 0 unspecified atom stereocenters. The predicted molar refractivity (Wildman–Crippen MR) is 130 cm³/mol. The molecule has 1 heterocycles. The Hall–Kier alpha value is -2.94. The number of methoxy groups -OCH3 is 1. The number of ether oxygens (including phenoxy) is 4. The second kappa shape index (κ2) is 10.3. The van der Waals surface area contributed by atoms with Crippen LogP contribution in [0.25, 0.3) is 10.8 Å². The van der Waals surface area contributed by atoms with E-state index in [1.807, 2.05) is 24.3 Å². The van der Waals surface area contributed by atoms with Crippen molar-refractivity contribution in [1.82, 2.24) is 5.43 Å². The Kier molecular flexibility index (Phi) is 7.27. The van der Waals surface area contributed by atoms with Crippen molar-refractivity contribution in [3.63, 3.8) is 0 Å². The van der Waals surface area contributed by atoms with Crippen LogP contribution in [-0.4, -0.2) is 38.2 Å². The minimum absolute atomic E-state index is 0.0678. The molecular formula is C25H25BrN2O5. The topological polar surface area (TPSA) is 78.4 Å². The maximum atomic E-state index is 12.1. The van der Waals surface area contributed by atoms with Crippen LogP contribution < -0.4 is 14.9 Å². The van der Waals surface area contributed by atoms with Crippen LogP contribution in [0, 0.1) is 0 Å². The van der Waals surface area contributed by atoms with E-state index in [0.29, 0.717) is 31.3 Å². The van der Waals surface area contributed by atoms with Crippen LogP contribution in [0.5, 0.6) is 11.5 Å². The molecule has 1 saturated heterocycles. The average Bonchev–Trinajstić information content (AvgIpc) is 3.23. The molecule has 0 atom stereocenters. The summed E-state index contributed by atoms with van der Waals surface area (Å²) in [6.07, 6.45) is 1.61. The fourth-order valence-corrected chi connectivity index (χ4v) is 4.27. The molecule has 8 heteroatoms. The predicted octanol–water partition coefficient (Wildman–Crippen LogP) is 4.79. The molecule has 1 N–H and O–H groups in total. The van der Waals surface area contributed by atoms with Crippen molar-refractivity contribution in [2.45, 2.75) is 25.7 Å². The summed E-state index contributed by atoms with van der Waals surface area (Å²) in [6, 6.07) is 18.0. The number of hydrogen-bond acceptors (Lipinski definition) is 6. The first-order valence-electron chi connectivity index (χ1n) is 10.5. The van der Waals surface area contributed by atoms with Crippen LogP contribution >= 0.6 is 15.9 Å². The molecule has 0 saturated carbocycles. The molecule has 1 fully saturated rings. The molecule has 172 valence electrons. The van der Waals surface area contributed by atoms with Crippen LogP contribution in [0.1, 0.15) is 24.5 Å². The lowest BCUT2D eigenvalue weighted by molar-refractivity contribution is -0.159. The number of carbonyl (C=O) groups is 1. The molecule has 0 aromatic heterocycles. The Morgan fingerprint density at radius 2 is 1.94 bits per heavy atom. The molecule has 1 aliphatic rings. The first-order chi connectivity index (χ1) is 16.0. The lowest BCUT2D eigenvalue weighted by Crippen LogP contribution is -2.33. The van der Waals surface area contributed by atoms with Gasteiger partial charge in [-0.05, 0) is 56.9 Å². The summed E-state index contributed by atoms with van der Waals surface area (Å²) in [5.41, 5.74) is 4.32. The summed E-state index contributed by atoms with van der Waals surface area (Å²) in [5, 5.41) is 6.35. The zero-order chi connectivity index (χ0) is 23.3. The van der Waals surface area contributed by atoms with Gasteiger partial charge in [0.05, 0.1) is 37.4 Å². The second-order valence-corrected chi connectivity index (χ2v) is 8.62. The summed E-state index contributed by atoms with van der Waals surface area (Å²) in [7, 11) is 1.58. The number of nitrogens with one attached hydrogen (secondary N) is 1. The van der Waals surface area contributed by atoms with Crippen LogP contribution in [0.3, 0.4) is 0 Å². The first-order valence-corrected chi connectivity index (χ1v) is 11.3. The zero-order valence-corrected chi connectivity index (χ0v) is 20.1. The number of hydrazone groups is 1. The molecule has 4 rings (SSSR count). The molecule has 7 nitrogen and oxygen atoms in total. The maximum absolute atomic E-state index is 12.1. The number of rotatable bonds is 8. The van der Waals surface area contributed by atoms with Gasteiger partial charge >= 0.3 is 0 Å². The third-order valence-corrected chi connectivity index (χ3v) is 5.88. The molecule has 0 spiro atoms. The third-order valence-electron chi connectivity index (χ3n) is 5.29. The van der Waals surface area contributed by atoms with Crippen molar-refractivity contribution in [2.24, 2.45) is 5.10 Å². The monoisotopic (exact) mass is 512 g/mol. The number of fused-ring (bicyclic) bond motifs is 1. The summed E-state index contributed by atoms with van der Waals surface area (Å²) in [4.78, 5) is 12.1. The van der Waals surface area contributed by atoms with Gasteiger partial charge in [-0.15, -0.1) is 0 Å². The van der Waals surface area contributed by atoms with E-state index in [4.69, 9.17) is 18.9 Å². The maximum Gasteiger partial charge on any atom is 0.245 e. The molecule has 3 aromatic carbocycles. The van der Waals surface area contributed by atoms with Gasteiger partial charge in [0, 0.05) is 0 Å². The highest BCUT2D eigenvalue weighted by Crippen LogP contribution is 2.37. The van der Waals surface area contributed by atoms with Gasteiger partial charge < -0.3 is 18.9 Å². The van der Waals surface area contributed by atoms with E-state index >= 15 is 0 Å². The fourth-order valence-electron chi connectivity index (χ4n) is 3.69. The Morgan fingerprint density at radius 3 is 2.73 bits per heavy atom. The van der Waals surface area contributed by atoms with Crippen molar-refractivity contribution in [2.75, 3.05) is 20.3 Å². The van der Waals surface area contributed by atoms with Crippen molar-refractivity contribution >= 4 is 38.8 Å². The van der Waals surface area contributed by atoms with Crippen LogP contribution in [0.4, 0.5) is 0 Å². The van der Waals surface area contributed by atoms with E-state index in [2.05, 4.69) is 50.7 Å². The Morgan fingerprint density at radius 1 is 1.18 bits per heavy atom. The van der Waals surface area contributed by atoms with Gasteiger partial charge in [0.25, 0.3) is 0 Å². The molecule has 0 radical (unpaired) electrons. The number of hydrogen-bond donors (Lipinski definition) is 1. The van der Waals surface area contributed by atoms with Gasteiger partial charge in [-0.3, -0.25) is 4.79 Å². The minimum Gasteiger partial charge on any atom is -0.493 e. The van der Waals surface area contributed by atoms with E-state index in [0.717, 1.165) is 21.0 Å². The largest absolute Gasteiger partial charge is 0.493 e. The summed E-state index contributed by atoms with van der Waals surface area (Å²) >= 11 is 3.56. The summed E-state index contributed by atoms with van der Waals surface area (Å²) in [5.74, 6) is -0.0426. The van der Waals surface area contributed by atoms with Crippen LogP contribution in [-0.2, 0) is 20.9 Å². The SMILES string of the molecule is COc1cc(C=NNC(=O)CC2(C)OCCO2)cc(Br)c1OCc1cccc2ccccc12. The smallest absolute Gasteiger partial charge is 0.245 e. The number of carbonyl (C=O) groups excluding carboxylic acids is 1. The van der Waals surface area contributed by atoms with Gasteiger partial charge in [-0.1, -0.05) is 42.5 Å². The van der Waals surface area contributed by atoms with Crippen molar-refractivity contribution < 1.29 is 23.7 Å². The number of benzene rings is 3. The minimum atomic E-state index is -0.894. The lowest BCUT2D eigenvalue weighted by Gasteiger charge is -2.20. The normalized spacial score (nSPS) is 15.1. The highest BCUT2D eigenvalue weighted by atomic mass is 79.9. The molecule has 0 aliphatic carbocycles. The Labute approximate surface area is 200 Å². The third kappa shape index (κ3) is 5.71. The van der Waals surface area contributed by atoms with Crippen LogP contribution in [0.15, 0.2) is 64.2 Å². The van der Waals surface area contributed by atoms with E-state index < -0.39 is 5.79 Å². The van der Waals surface area contributed by atoms with Gasteiger partial charge in [0.1, 0.15) is 6.61 Å². The zero-order valence-electron chi connectivity index (χ0n) is 18.5. The van der Waals surface area contributed by atoms with Crippen LogP contribution in [0.2, 0.25) is 0 Å². The van der Waals surface area contributed by atoms with Gasteiger partial charge in [-0.2, -0.15) is 5.10 Å². The molecular weight excluding hydrogens is 488 g/mol. The number of amides is 1. The first kappa shape index (κ1) is 23.2. The summed E-state index contributed by atoms with van der Waals surface area (Å²) < 4.78 is 23.3. The molecule has 33 heavy (non-hydrogen) atoms. The Balaban J connectivity index is 1.43. The van der Waals surface area contributed by atoms with Gasteiger partial charge in [-0.25, -0.2) is 5.43 Å². The second-order valence-electron chi connectivity index (χ2n) is 7.76. The van der Waals surface area contributed by atoms with E-state index in [-0.39, 0.29) is 12.3 Å². The molecule has 1 aliphatic heterocycles. The van der Waals surface area contributed by atoms with E-state index in [9.17, 15) is 4.79 Å². The highest BCUT2D eigenvalue weighted by molar-refractivity contribution is 9.10. The average molecular weight is 513 g/mol. The number of nitrogens with zero attached hydrogens (tertiary/aromatic N) is 1. The number of halogens is 1. The molecule has 3 aromatic rings. The van der Waals surface area contributed by atoms with Gasteiger partial charge in [0.15, 0.2) is 17.3 Å². The van der Waals surface area contributed by atoms with E-state index in [1.165, 1.54) is 5.39 Å². The Bertz CT molecular complexity index is 1170. The van der Waals surface area contributed by atoms with Crippen molar-refractivity contribution in [3.8, 4) is 11.5 Å².